The molecule has 1 aliphatic rings. The first-order chi connectivity index (χ1) is 15.3. The van der Waals surface area contributed by atoms with Gasteiger partial charge in [0.25, 0.3) is 5.91 Å². The minimum absolute atomic E-state index is 0.000601. The number of amides is 1. The summed E-state index contributed by atoms with van der Waals surface area (Å²) in [6, 6.07) is 25.6. The molecular weight excluding hydrogens is 388 g/mol. The van der Waals surface area contributed by atoms with E-state index in [2.05, 4.69) is 11.1 Å². The third kappa shape index (κ3) is 4.21. The fraction of sp³-hybridized carbons (Fsp3) is 0.154. The average Bonchev–Trinajstić information content (AvgIpc) is 3.29. The molecule has 5 heteroatoms. The zero-order valence-corrected chi connectivity index (χ0v) is 17.0. The number of ether oxygens (including phenoxy) is 2. The second kappa shape index (κ2) is 8.48. The Morgan fingerprint density at radius 1 is 0.871 bits per heavy atom. The van der Waals surface area contributed by atoms with Gasteiger partial charge in [0, 0.05) is 37.0 Å². The lowest BCUT2D eigenvalue weighted by Crippen LogP contribution is -2.32. The van der Waals surface area contributed by atoms with E-state index in [1.54, 1.807) is 6.20 Å². The van der Waals surface area contributed by atoms with Gasteiger partial charge in [-0.1, -0.05) is 42.5 Å². The van der Waals surface area contributed by atoms with Crippen LogP contribution in [-0.2, 0) is 13.0 Å². The summed E-state index contributed by atoms with van der Waals surface area (Å²) in [6.07, 6.45) is 2.47. The maximum absolute atomic E-state index is 13.5. The Morgan fingerprint density at radius 3 is 2.58 bits per heavy atom. The van der Waals surface area contributed by atoms with Gasteiger partial charge in [0.15, 0.2) is 11.5 Å². The molecule has 5 nitrogen and oxygen atoms in total. The molecule has 0 saturated heterocycles. The molecule has 0 radical (unpaired) electrons. The van der Waals surface area contributed by atoms with Crippen LogP contribution in [0.4, 0.5) is 0 Å². The maximum Gasteiger partial charge on any atom is 0.254 e. The van der Waals surface area contributed by atoms with E-state index in [9.17, 15) is 4.79 Å². The van der Waals surface area contributed by atoms with Crippen LogP contribution in [0.3, 0.4) is 0 Å². The minimum Gasteiger partial charge on any atom is -0.454 e. The number of carbonyl (C=O) groups is 1. The lowest BCUT2D eigenvalue weighted by molar-refractivity contribution is 0.0744. The van der Waals surface area contributed by atoms with Crippen LogP contribution in [0.15, 0.2) is 85.1 Å². The van der Waals surface area contributed by atoms with Gasteiger partial charge in [-0.3, -0.25) is 9.78 Å². The van der Waals surface area contributed by atoms with Crippen molar-refractivity contribution in [1.29, 1.82) is 0 Å². The van der Waals surface area contributed by atoms with E-state index in [-0.39, 0.29) is 12.7 Å². The Hall–Kier alpha value is -3.86. The summed E-state index contributed by atoms with van der Waals surface area (Å²) in [7, 11) is 0. The molecule has 154 valence electrons. The predicted octanol–water partition coefficient (Wildman–Crippen LogP) is 4.85. The second-order valence-corrected chi connectivity index (χ2v) is 7.55. The molecule has 0 unspecified atom stereocenters. The van der Waals surface area contributed by atoms with Crippen molar-refractivity contribution in [2.75, 3.05) is 13.3 Å². The molecule has 0 saturated carbocycles. The summed E-state index contributed by atoms with van der Waals surface area (Å²) < 4.78 is 10.9. The van der Waals surface area contributed by atoms with Crippen LogP contribution in [0.2, 0.25) is 0 Å². The SMILES string of the molecule is O=C(c1ccc2ccccc2c1)N(CCc1ccccn1)Cc1ccc2c(c1)OCO2. The highest BCUT2D eigenvalue weighted by atomic mass is 16.7. The number of benzene rings is 3. The fourth-order valence-electron chi connectivity index (χ4n) is 3.81. The quantitative estimate of drug-likeness (QED) is 0.456. The molecule has 31 heavy (non-hydrogen) atoms. The Morgan fingerprint density at radius 2 is 1.71 bits per heavy atom. The molecule has 3 aromatic carbocycles. The summed E-state index contributed by atoms with van der Waals surface area (Å²) >= 11 is 0. The number of aromatic nitrogens is 1. The summed E-state index contributed by atoms with van der Waals surface area (Å²) in [5.41, 5.74) is 2.64. The van der Waals surface area contributed by atoms with Crippen molar-refractivity contribution >= 4 is 16.7 Å². The van der Waals surface area contributed by atoms with Crippen molar-refractivity contribution in [3.05, 3.63) is 102 Å². The van der Waals surface area contributed by atoms with E-state index < -0.39 is 0 Å². The molecule has 0 aliphatic carbocycles. The Balaban J connectivity index is 1.42. The van der Waals surface area contributed by atoms with Crippen molar-refractivity contribution < 1.29 is 14.3 Å². The van der Waals surface area contributed by atoms with E-state index in [1.165, 1.54) is 0 Å². The predicted molar refractivity (Wildman–Crippen MR) is 119 cm³/mol. The van der Waals surface area contributed by atoms with Crippen LogP contribution in [0.1, 0.15) is 21.6 Å². The van der Waals surface area contributed by atoms with Gasteiger partial charge in [0.2, 0.25) is 6.79 Å². The van der Waals surface area contributed by atoms with E-state index in [0.717, 1.165) is 33.5 Å². The van der Waals surface area contributed by atoms with Crippen LogP contribution >= 0.6 is 0 Å². The van der Waals surface area contributed by atoms with Crippen molar-refractivity contribution in [3.8, 4) is 11.5 Å². The number of fused-ring (bicyclic) bond motifs is 2. The van der Waals surface area contributed by atoms with Crippen molar-refractivity contribution in [3.63, 3.8) is 0 Å². The van der Waals surface area contributed by atoms with E-state index in [4.69, 9.17) is 9.47 Å². The van der Waals surface area contributed by atoms with E-state index in [1.807, 2.05) is 77.7 Å². The van der Waals surface area contributed by atoms with Crippen LogP contribution < -0.4 is 9.47 Å². The summed E-state index contributed by atoms with van der Waals surface area (Å²) in [6.45, 7) is 1.28. The number of hydrogen-bond acceptors (Lipinski definition) is 4. The van der Waals surface area contributed by atoms with E-state index >= 15 is 0 Å². The van der Waals surface area contributed by atoms with Crippen LogP contribution in [0, 0.1) is 0 Å². The van der Waals surface area contributed by atoms with Gasteiger partial charge in [-0.2, -0.15) is 0 Å². The van der Waals surface area contributed by atoms with Gasteiger partial charge in [0.05, 0.1) is 0 Å². The lowest BCUT2D eigenvalue weighted by atomic mass is 10.1. The summed E-state index contributed by atoms with van der Waals surface area (Å²) in [4.78, 5) is 19.8. The molecule has 1 aromatic heterocycles. The summed E-state index contributed by atoms with van der Waals surface area (Å²) in [5, 5.41) is 2.18. The Bertz CT molecular complexity index is 1220. The molecule has 0 fully saturated rings. The number of hydrogen-bond donors (Lipinski definition) is 0. The molecule has 2 heterocycles. The van der Waals surface area contributed by atoms with Crippen molar-refractivity contribution in [1.82, 2.24) is 9.88 Å². The molecule has 5 rings (SSSR count). The molecule has 1 amide bonds. The smallest absolute Gasteiger partial charge is 0.254 e. The molecule has 0 atom stereocenters. The van der Waals surface area contributed by atoms with Crippen molar-refractivity contribution in [2.24, 2.45) is 0 Å². The highest BCUT2D eigenvalue weighted by molar-refractivity contribution is 5.98. The first-order valence-corrected chi connectivity index (χ1v) is 10.3. The molecular formula is C26H22N2O3. The number of pyridine rings is 1. The van der Waals surface area contributed by atoms with Gasteiger partial charge in [0.1, 0.15) is 0 Å². The molecule has 1 aliphatic heterocycles. The van der Waals surface area contributed by atoms with Crippen LogP contribution in [0.5, 0.6) is 11.5 Å². The van der Waals surface area contributed by atoms with E-state index in [0.29, 0.717) is 25.1 Å². The zero-order chi connectivity index (χ0) is 21.0. The molecule has 0 bridgehead atoms. The normalized spacial score (nSPS) is 12.1. The Kier molecular flexibility index (Phi) is 5.23. The van der Waals surface area contributed by atoms with Crippen LogP contribution in [0.25, 0.3) is 10.8 Å². The zero-order valence-electron chi connectivity index (χ0n) is 17.0. The van der Waals surface area contributed by atoms with Gasteiger partial charge >= 0.3 is 0 Å². The van der Waals surface area contributed by atoms with Gasteiger partial charge in [-0.05, 0) is 52.7 Å². The molecule has 0 N–H and O–H groups in total. The van der Waals surface area contributed by atoms with Crippen LogP contribution in [-0.4, -0.2) is 29.1 Å². The fourth-order valence-corrected chi connectivity index (χ4v) is 3.81. The van der Waals surface area contributed by atoms with Gasteiger partial charge in [-0.15, -0.1) is 0 Å². The lowest BCUT2D eigenvalue weighted by Gasteiger charge is -2.23. The molecule has 0 spiro atoms. The number of carbonyl (C=O) groups excluding carboxylic acids is 1. The average molecular weight is 410 g/mol. The van der Waals surface area contributed by atoms with Gasteiger partial charge in [-0.25, -0.2) is 0 Å². The standard InChI is InChI=1S/C26H22N2O3/c29-26(22-10-9-20-5-1-2-6-21(20)16-22)28(14-12-23-7-3-4-13-27-23)17-19-8-11-24-25(15-19)31-18-30-24/h1-11,13,15-16H,12,14,17-18H2. The maximum atomic E-state index is 13.5. The topological polar surface area (TPSA) is 51.7 Å². The Labute approximate surface area is 180 Å². The third-order valence-electron chi connectivity index (χ3n) is 5.46. The highest BCUT2D eigenvalue weighted by Crippen LogP contribution is 2.33. The summed E-state index contributed by atoms with van der Waals surface area (Å²) in [5.74, 6) is 1.46. The van der Waals surface area contributed by atoms with Gasteiger partial charge < -0.3 is 14.4 Å². The first kappa shape index (κ1) is 19.1. The first-order valence-electron chi connectivity index (χ1n) is 10.3. The molecule has 4 aromatic rings. The largest absolute Gasteiger partial charge is 0.454 e. The number of rotatable bonds is 6. The third-order valence-corrected chi connectivity index (χ3v) is 5.46. The number of nitrogens with zero attached hydrogens (tertiary/aromatic N) is 2. The highest BCUT2D eigenvalue weighted by Gasteiger charge is 2.19. The van der Waals surface area contributed by atoms with Crippen molar-refractivity contribution in [2.45, 2.75) is 13.0 Å². The minimum atomic E-state index is -0.000601. The second-order valence-electron chi connectivity index (χ2n) is 7.55. The monoisotopic (exact) mass is 410 g/mol.